The Kier molecular flexibility index (Phi) is 4.78. The van der Waals surface area contributed by atoms with Crippen molar-refractivity contribution in [2.24, 2.45) is 11.3 Å². The highest BCUT2D eigenvalue weighted by atomic mass is 16.2. The van der Waals surface area contributed by atoms with Gasteiger partial charge in [0.1, 0.15) is 0 Å². The van der Waals surface area contributed by atoms with Gasteiger partial charge < -0.3 is 15.5 Å². The molecule has 2 aliphatic rings. The zero-order valence-electron chi connectivity index (χ0n) is 14.6. The van der Waals surface area contributed by atoms with Crippen molar-refractivity contribution < 1.29 is 9.59 Å². The number of carbonyl (C=O) groups excluding carboxylic acids is 2. The lowest BCUT2D eigenvalue weighted by Gasteiger charge is -2.37. The number of rotatable bonds is 4. The number of urea groups is 1. The van der Waals surface area contributed by atoms with E-state index < -0.39 is 0 Å². The molecule has 0 atom stereocenters. The number of carbonyl (C=O) groups is 2. The highest BCUT2D eigenvalue weighted by molar-refractivity contribution is 5.92. The lowest BCUT2D eigenvalue weighted by Crippen LogP contribution is -2.37. The summed E-state index contributed by atoms with van der Waals surface area (Å²) >= 11 is 0. The quantitative estimate of drug-likeness (QED) is 0.874. The minimum Gasteiger partial charge on any atom is -0.326 e. The molecule has 130 valence electrons. The van der Waals surface area contributed by atoms with E-state index in [0.717, 1.165) is 30.9 Å². The van der Waals surface area contributed by atoms with Gasteiger partial charge in [-0.25, -0.2) is 4.79 Å². The second kappa shape index (κ2) is 6.83. The summed E-state index contributed by atoms with van der Waals surface area (Å²) in [6.45, 7) is 5.78. The smallest absolute Gasteiger partial charge is 0.321 e. The largest absolute Gasteiger partial charge is 0.326 e. The number of amides is 3. The lowest BCUT2D eigenvalue weighted by molar-refractivity contribution is -0.116. The minimum atomic E-state index is -0.0182. The van der Waals surface area contributed by atoms with E-state index in [2.05, 4.69) is 10.6 Å². The molecular weight excluding hydrogens is 302 g/mol. The van der Waals surface area contributed by atoms with Crippen molar-refractivity contribution in [1.82, 2.24) is 4.90 Å². The summed E-state index contributed by atoms with van der Waals surface area (Å²) in [5.41, 5.74) is 1.94. The van der Waals surface area contributed by atoms with Gasteiger partial charge in [-0.1, -0.05) is 20.3 Å². The van der Waals surface area contributed by atoms with Crippen LogP contribution in [0.1, 0.15) is 46.0 Å². The number of nitrogens with zero attached hydrogens (tertiary/aromatic N) is 1. The summed E-state index contributed by atoms with van der Waals surface area (Å²) in [6.07, 6.45) is 5.49. The SMILES string of the molecule is CC(C)CC(=O)Nc1ccc(NC(=O)N2CCC3(CCC3)C2)cc1. The third-order valence-electron chi connectivity index (χ3n) is 5.15. The first-order valence-electron chi connectivity index (χ1n) is 8.92. The maximum atomic E-state index is 12.4. The fraction of sp³-hybridized carbons (Fsp3) is 0.579. The van der Waals surface area contributed by atoms with Gasteiger partial charge in [0, 0.05) is 30.9 Å². The topological polar surface area (TPSA) is 61.4 Å². The molecule has 0 unspecified atom stereocenters. The molecule has 0 bridgehead atoms. The number of hydrogen-bond donors (Lipinski definition) is 2. The molecule has 3 rings (SSSR count). The fourth-order valence-electron chi connectivity index (χ4n) is 3.62. The monoisotopic (exact) mass is 329 g/mol. The van der Waals surface area contributed by atoms with Crippen molar-refractivity contribution in [3.05, 3.63) is 24.3 Å². The third-order valence-corrected chi connectivity index (χ3v) is 5.15. The van der Waals surface area contributed by atoms with Gasteiger partial charge in [-0.2, -0.15) is 0 Å². The summed E-state index contributed by atoms with van der Waals surface area (Å²) in [5.74, 6) is 0.354. The van der Waals surface area contributed by atoms with Gasteiger partial charge >= 0.3 is 6.03 Å². The zero-order chi connectivity index (χ0) is 17.2. The molecule has 1 aliphatic carbocycles. The maximum absolute atomic E-state index is 12.4. The Morgan fingerprint density at radius 3 is 2.21 bits per heavy atom. The third kappa shape index (κ3) is 3.89. The van der Waals surface area contributed by atoms with Crippen LogP contribution >= 0.6 is 0 Å². The van der Waals surface area contributed by atoms with E-state index in [1.165, 1.54) is 19.3 Å². The molecule has 1 saturated carbocycles. The van der Waals surface area contributed by atoms with Crippen LogP contribution < -0.4 is 10.6 Å². The highest BCUT2D eigenvalue weighted by Gasteiger charge is 2.44. The molecule has 0 aromatic heterocycles. The summed E-state index contributed by atoms with van der Waals surface area (Å²) in [4.78, 5) is 26.1. The van der Waals surface area contributed by atoms with Crippen molar-refractivity contribution in [2.75, 3.05) is 23.7 Å². The predicted octanol–water partition coefficient (Wildman–Crippen LogP) is 4.08. The number of anilines is 2. The number of nitrogens with one attached hydrogen (secondary N) is 2. The second-order valence-corrected chi connectivity index (χ2v) is 7.68. The summed E-state index contributed by atoms with van der Waals surface area (Å²) in [5, 5.41) is 5.83. The Bertz CT molecular complexity index is 606. The van der Waals surface area contributed by atoms with Gasteiger partial charge in [-0.3, -0.25) is 4.79 Å². The average molecular weight is 329 g/mol. The lowest BCUT2D eigenvalue weighted by atomic mass is 9.68. The molecule has 1 heterocycles. The summed E-state index contributed by atoms with van der Waals surface area (Å²) < 4.78 is 0. The van der Waals surface area contributed by atoms with Crippen LogP contribution in [0.3, 0.4) is 0 Å². The molecule has 1 spiro atoms. The van der Waals surface area contributed by atoms with E-state index in [1.807, 2.05) is 43.0 Å². The second-order valence-electron chi connectivity index (χ2n) is 7.68. The van der Waals surface area contributed by atoms with Gasteiger partial charge in [0.05, 0.1) is 0 Å². The van der Waals surface area contributed by atoms with Crippen LogP contribution in [0.4, 0.5) is 16.2 Å². The summed E-state index contributed by atoms with van der Waals surface area (Å²) in [7, 11) is 0. The first kappa shape index (κ1) is 16.8. The van der Waals surface area contributed by atoms with Crippen LogP contribution in [0, 0.1) is 11.3 Å². The maximum Gasteiger partial charge on any atom is 0.321 e. The van der Waals surface area contributed by atoms with Crippen molar-refractivity contribution in [2.45, 2.75) is 46.0 Å². The molecule has 5 heteroatoms. The van der Waals surface area contributed by atoms with Crippen molar-refractivity contribution >= 4 is 23.3 Å². The molecule has 2 N–H and O–H groups in total. The molecule has 1 aliphatic heterocycles. The standard InChI is InChI=1S/C19H27N3O2/c1-14(2)12-17(23)20-15-4-6-16(7-5-15)21-18(24)22-11-10-19(13-22)8-3-9-19/h4-7,14H,3,8-13H2,1-2H3,(H,20,23)(H,21,24). The van der Waals surface area contributed by atoms with E-state index in [9.17, 15) is 9.59 Å². The molecule has 1 saturated heterocycles. The molecule has 1 aromatic rings. The molecule has 0 radical (unpaired) electrons. The molecule has 3 amide bonds. The van der Waals surface area contributed by atoms with E-state index in [1.54, 1.807) is 0 Å². The minimum absolute atomic E-state index is 0.0182. The Morgan fingerprint density at radius 1 is 1.08 bits per heavy atom. The van der Waals surface area contributed by atoms with Crippen molar-refractivity contribution in [3.8, 4) is 0 Å². The molecule has 1 aromatic carbocycles. The first-order chi connectivity index (χ1) is 11.5. The Balaban J connectivity index is 1.50. The van der Waals surface area contributed by atoms with Crippen LogP contribution in [0.2, 0.25) is 0 Å². The highest BCUT2D eigenvalue weighted by Crippen LogP contribution is 2.47. The van der Waals surface area contributed by atoms with Crippen LogP contribution in [0.5, 0.6) is 0 Å². The fourth-order valence-corrected chi connectivity index (χ4v) is 3.62. The number of hydrogen-bond acceptors (Lipinski definition) is 2. The molecule has 5 nitrogen and oxygen atoms in total. The Hall–Kier alpha value is -2.04. The zero-order valence-corrected chi connectivity index (χ0v) is 14.6. The molecule has 24 heavy (non-hydrogen) atoms. The van der Waals surface area contributed by atoms with Crippen LogP contribution in [-0.2, 0) is 4.79 Å². The number of likely N-dealkylation sites (tertiary alicyclic amines) is 1. The van der Waals surface area contributed by atoms with Crippen LogP contribution in [0.25, 0.3) is 0 Å². The van der Waals surface area contributed by atoms with Gasteiger partial charge in [0.15, 0.2) is 0 Å². The summed E-state index contributed by atoms with van der Waals surface area (Å²) in [6, 6.07) is 7.29. The van der Waals surface area contributed by atoms with Crippen LogP contribution in [0.15, 0.2) is 24.3 Å². The Morgan fingerprint density at radius 2 is 1.71 bits per heavy atom. The molecule has 2 fully saturated rings. The van der Waals surface area contributed by atoms with Crippen molar-refractivity contribution in [1.29, 1.82) is 0 Å². The van der Waals surface area contributed by atoms with Gasteiger partial charge in [0.2, 0.25) is 5.91 Å². The first-order valence-corrected chi connectivity index (χ1v) is 8.92. The predicted molar refractivity (Wildman–Crippen MR) is 96.0 cm³/mol. The molecular formula is C19H27N3O2. The van der Waals surface area contributed by atoms with Gasteiger partial charge in [-0.05, 0) is 54.9 Å². The normalized spacial score (nSPS) is 18.5. The van der Waals surface area contributed by atoms with E-state index in [0.29, 0.717) is 17.8 Å². The number of benzene rings is 1. The van der Waals surface area contributed by atoms with E-state index >= 15 is 0 Å². The van der Waals surface area contributed by atoms with Gasteiger partial charge in [0.25, 0.3) is 0 Å². The van der Waals surface area contributed by atoms with E-state index in [4.69, 9.17) is 0 Å². The Labute approximate surface area is 143 Å². The van der Waals surface area contributed by atoms with E-state index in [-0.39, 0.29) is 11.9 Å². The van der Waals surface area contributed by atoms with Crippen LogP contribution in [-0.4, -0.2) is 29.9 Å². The van der Waals surface area contributed by atoms with Gasteiger partial charge in [-0.15, -0.1) is 0 Å². The average Bonchev–Trinajstić information content (AvgIpc) is 2.94. The van der Waals surface area contributed by atoms with Crippen molar-refractivity contribution in [3.63, 3.8) is 0 Å².